The van der Waals surface area contributed by atoms with E-state index < -0.39 is 0 Å². The second kappa shape index (κ2) is 9.19. The molecule has 6 heteroatoms. The normalized spacial score (nSPS) is 10.4. The summed E-state index contributed by atoms with van der Waals surface area (Å²) >= 11 is 1.74. The molecule has 0 atom stereocenters. The Balaban J connectivity index is 1.59. The Morgan fingerprint density at radius 2 is 1.81 bits per heavy atom. The molecule has 1 N–H and O–H groups in total. The van der Waals surface area contributed by atoms with Gasteiger partial charge in [-0.2, -0.15) is 11.8 Å². The zero-order chi connectivity index (χ0) is 19.1. The largest absolute Gasteiger partial charge is 0.439 e. The van der Waals surface area contributed by atoms with E-state index in [-0.39, 0.29) is 11.7 Å². The first kappa shape index (κ1) is 18.9. The lowest BCUT2D eigenvalue weighted by molar-refractivity contribution is 0.0951. The number of benzene rings is 2. The number of pyridine rings is 1. The third-order valence-electron chi connectivity index (χ3n) is 3.82. The van der Waals surface area contributed by atoms with Crippen LogP contribution in [0.25, 0.3) is 0 Å². The number of carbonyl (C=O) groups excluding carboxylic acids is 1. The minimum Gasteiger partial charge on any atom is -0.439 e. The molecule has 0 fully saturated rings. The molecule has 4 nitrogen and oxygen atoms in total. The summed E-state index contributed by atoms with van der Waals surface area (Å²) < 4.78 is 18.6. The zero-order valence-corrected chi connectivity index (χ0v) is 15.6. The highest BCUT2D eigenvalue weighted by Crippen LogP contribution is 2.20. The van der Waals surface area contributed by atoms with Crippen LogP contribution in [0.15, 0.2) is 66.9 Å². The summed E-state index contributed by atoms with van der Waals surface area (Å²) in [6.07, 6.45) is 3.65. The lowest BCUT2D eigenvalue weighted by atomic mass is 10.1. The smallest absolute Gasteiger partial charge is 0.251 e. The van der Waals surface area contributed by atoms with E-state index in [0.29, 0.717) is 23.7 Å². The molecule has 0 unspecified atom stereocenters. The van der Waals surface area contributed by atoms with E-state index in [0.717, 1.165) is 11.3 Å². The molecule has 138 valence electrons. The molecule has 0 radical (unpaired) electrons. The highest BCUT2D eigenvalue weighted by molar-refractivity contribution is 7.97. The third kappa shape index (κ3) is 5.56. The number of halogens is 1. The van der Waals surface area contributed by atoms with Crippen LogP contribution < -0.4 is 10.1 Å². The monoisotopic (exact) mass is 382 g/mol. The molecule has 0 bridgehead atoms. The van der Waals surface area contributed by atoms with Crippen molar-refractivity contribution < 1.29 is 13.9 Å². The average molecular weight is 382 g/mol. The fraction of sp³-hybridized carbons (Fsp3) is 0.143. The molecular formula is C21H19FN2O2S. The zero-order valence-electron chi connectivity index (χ0n) is 14.8. The molecule has 0 aliphatic rings. The molecule has 1 aromatic heterocycles. The maximum absolute atomic E-state index is 13.0. The van der Waals surface area contributed by atoms with Crippen molar-refractivity contribution in [1.29, 1.82) is 0 Å². The maximum Gasteiger partial charge on any atom is 0.251 e. The molecule has 27 heavy (non-hydrogen) atoms. The van der Waals surface area contributed by atoms with Gasteiger partial charge >= 0.3 is 0 Å². The van der Waals surface area contributed by atoms with E-state index in [1.807, 2.05) is 30.5 Å². The molecule has 0 saturated carbocycles. The molecule has 0 spiro atoms. The van der Waals surface area contributed by atoms with Gasteiger partial charge in [-0.05, 0) is 59.8 Å². The van der Waals surface area contributed by atoms with Gasteiger partial charge in [-0.1, -0.05) is 12.1 Å². The number of nitrogens with one attached hydrogen (secondary N) is 1. The topological polar surface area (TPSA) is 51.2 Å². The van der Waals surface area contributed by atoms with Gasteiger partial charge in [0.2, 0.25) is 5.88 Å². The van der Waals surface area contributed by atoms with Gasteiger partial charge in [0.05, 0.1) is 0 Å². The highest BCUT2D eigenvalue weighted by Gasteiger charge is 2.07. The summed E-state index contributed by atoms with van der Waals surface area (Å²) in [6.45, 7) is 0.355. The van der Waals surface area contributed by atoms with Crippen LogP contribution in [0.5, 0.6) is 11.6 Å². The summed E-state index contributed by atoms with van der Waals surface area (Å²) in [4.78, 5) is 16.4. The predicted octanol–water partition coefficient (Wildman–Crippen LogP) is 4.81. The van der Waals surface area contributed by atoms with Gasteiger partial charge in [-0.25, -0.2) is 9.37 Å². The van der Waals surface area contributed by atoms with Crippen molar-refractivity contribution >= 4 is 17.7 Å². The van der Waals surface area contributed by atoms with Gasteiger partial charge in [-0.15, -0.1) is 0 Å². The fourth-order valence-electron chi connectivity index (χ4n) is 2.44. The van der Waals surface area contributed by atoms with Crippen LogP contribution in [0.4, 0.5) is 4.39 Å². The maximum atomic E-state index is 13.0. The Morgan fingerprint density at radius 3 is 2.52 bits per heavy atom. The van der Waals surface area contributed by atoms with Crippen LogP contribution in [0.3, 0.4) is 0 Å². The van der Waals surface area contributed by atoms with Crippen molar-refractivity contribution in [3.05, 3.63) is 89.4 Å². The van der Waals surface area contributed by atoms with Gasteiger partial charge in [0.1, 0.15) is 11.6 Å². The van der Waals surface area contributed by atoms with Crippen molar-refractivity contribution in [2.45, 2.75) is 12.3 Å². The molecule has 3 aromatic rings. The van der Waals surface area contributed by atoms with Gasteiger partial charge in [-0.3, -0.25) is 4.79 Å². The van der Waals surface area contributed by atoms with E-state index in [1.165, 1.54) is 29.8 Å². The number of aromatic nitrogens is 1. The Morgan fingerprint density at radius 1 is 1.07 bits per heavy atom. The van der Waals surface area contributed by atoms with Gasteiger partial charge in [0.25, 0.3) is 5.91 Å². The number of rotatable bonds is 7. The second-order valence-corrected chi connectivity index (χ2v) is 6.74. The van der Waals surface area contributed by atoms with E-state index in [9.17, 15) is 9.18 Å². The lowest BCUT2D eigenvalue weighted by Crippen LogP contribution is -2.22. The van der Waals surface area contributed by atoms with Crippen molar-refractivity contribution in [3.63, 3.8) is 0 Å². The summed E-state index contributed by atoms with van der Waals surface area (Å²) in [5.41, 5.74) is 2.67. The first-order chi connectivity index (χ1) is 13.1. The first-order valence-electron chi connectivity index (χ1n) is 8.38. The van der Waals surface area contributed by atoms with Crippen LogP contribution in [0.2, 0.25) is 0 Å². The number of hydrogen-bond donors (Lipinski definition) is 1. The minimum atomic E-state index is -0.326. The molecule has 0 aliphatic heterocycles. The van der Waals surface area contributed by atoms with Crippen LogP contribution in [-0.4, -0.2) is 17.1 Å². The van der Waals surface area contributed by atoms with E-state index >= 15 is 0 Å². The molecule has 1 heterocycles. The summed E-state index contributed by atoms with van der Waals surface area (Å²) in [5.74, 6) is 1.34. The van der Waals surface area contributed by atoms with Crippen LogP contribution >= 0.6 is 11.8 Å². The number of thioether (sulfide) groups is 1. The molecule has 0 aliphatic carbocycles. The van der Waals surface area contributed by atoms with Crippen molar-refractivity contribution in [3.8, 4) is 11.6 Å². The van der Waals surface area contributed by atoms with Crippen LogP contribution in [0.1, 0.15) is 21.5 Å². The molecule has 1 amide bonds. The quantitative estimate of drug-likeness (QED) is 0.637. The van der Waals surface area contributed by atoms with Gasteiger partial charge in [0.15, 0.2) is 0 Å². The van der Waals surface area contributed by atoms with Crippen LogP contribution in [0, 0.1) is 5.82 Å². The number of ether oxygens (including phenoxy) is 1. The van der Waals surface area contributed by atoms with Crippen LogP contribution in [-0.2, 0) is 12.3 Å². The average Bonchev–Trinajstić information content (AvgIpc) is 2.69. The SMILES string of the molecule is CSCc1ccc(C(=O)NCc2ccnc(Oc3ccc(F)cc3)c2)cc1. The number of carbonyl (C=O) groups is 1. The Labute approximate surface area is 161 Å². The number of hydrogen-bond acceptors (Lipinski definition) is 4. The van der Waals surface area contributed by atoms with Gasteiger partial charge < -0.3 is 10.1 Å². The fourth-order valence-corrected chi connectivity index (χ4v) is 2.97. The van der Waals surface area contributed by atoms with E-state index in [1.54, 1.807) is 30.1 Å². The van der Waals surface area contributed by atoms with E-state index in [2.05, 4.69) is 10.3 Å². The minimum absolute atomic E-state index is 0.136. The Bertz CT molecular complexity index is 899. The standard InChI is InChI=1S/C21H19FN2O2S/c1-27-14-15-2-4-17(5-3-15)21(25)24-13-16-10-11-23-20(12-16)26-19-8-6-18(22)7-9-19/h2-12H,13-14H2,1H3,(H,24,25). The number of amides is 1. The van der Waals surface area contributed by atoms with Crippen molar-refractivity contribution in [2.75, 3.05) is 6.26 Å². The Kier molecular flexibility index (Phi) is 6.44. The Hall–Kier alpha value is -2.86. The first-order valence-corrected chi connectivity index (χ1v) is 9.78. The predicted molar refractivity (Wildman–Crippen MR) is 106 cm³/mol. The summed E-state index contributed by atoms with van der Waals surface area (Å²) in [7, 11) is 0. The second-order valence-electron chi connectivity index (χ2n) is 5.87. The molecule has 0 saturated heterocycles. The number of nitrogens with zero attached hydrogens (tertiary/aromatic N) is 1. The van der Waals surface area contributed by atoms with Crippen molar-refractivity contribution in [1.82, 2.24) is 10.3 Å². The molecule has 2 aromatic carbocycles. The van der Waals surface area contributed by atoms with Gasteiger partial charge in [0, 0.05) is 30.1 Å². The molecule has 3 rings (SSSR count). The molecular weight excluding hydrogens is 363 g/mol. The summed E-state index contributed by atoms with van der Waals surface area (Å²) in [6, 6.07) is 16.8. The summed E-state index contributed by atoms with van der Waals surface area (Å²) in [5, 5.41) is 2.89. The highest BCUT2D eigenvalue weighted by atomic mass is 32.2. The van der Waals surface area contributed by atoms with E-state index in [4.69, 9.17) is 4.74 Å². The van der Waals surface area contributed by atoms with Crippen molar-refractivity contribution in [2.24, 2.45) is 0 Å². The lowest BCUT2D eigenvalue weighted by Gasteiger charge is -2.08. The third-order valence-corrected chi connectivity index (χ3v) is 4.44.